The molecule has 0 fully saturated rings. The van der Waals surface area contributed by atoms with Crippen molar-refractivity contribution in [2.75, 3.05) is 0 Å². The van der Waals surface area contributed by atoms with Gasteiger partial charge in [-0.3, -0.25) is 14.6 Å². The Labute approximate surface area is 60.7 Å². The summed E-state index contributed by atoms with van der Waals surface area (Å²) in [5.41, 5.74) is -1.44. The maximum atomic E-state index is 10.7. The molecule has 0 saturated heterocycles. The van der Waals surface area contributed by atoms with Gasteiger partial charge in [0.05, 0.1) is 0 Å². The van der Waals surface area contributed by atoms with Crippen LogP contribution < -0.4 is 5.56 Å². The number of aromatic amines is 1. The fraction of sp³-hybridized carbons (Fsp3) is 0.200. The molecule has 0 aliphatic heterocycles. The van der Waals surface area contributed by atoms with Gasteiger partial charge < -0.3 is 10.2 Å². The van der Waals surface area contributed by atoms with Gasteiger partial charge >= 0.3 is 5.97 Å². The van der Waals surface area contributed by atoms with Gasteiger partial charge in [0.2, 0.25) is 5.88 Å². The smallest absolute Gasteiger partial charge is 0.346 e. The van der Waals surface area contributed by atoms with Crippen molar-refractivity contribution in [1.82, 2.24) is 9.78 Å². The molecule has 1 aromatic heterocycles. The van der Waals surface area contributed by atoms with Crippen LogP contribution in [0.25, 0.3) is 0 Å². The molecule has 0 amide bonds. The van der Waals surface area contributed by atoms with Gasteiger partial charge in [0.15, 0.2) is 5.56 Å². The number of carbonyl (C=O) groups is 1. The first-order chi connectivity index (χ1) is 5.04. The highest BCUT2D eigenvalue weighted by atomic mass is 16.4. The number of aromatic carboxylic acids is 1. The maximum Gasteiger partial charge on any atom is 0.346 e. The minimum atomic E-state index is -1.44. The van der Waals surface area contributed by atoms with Gasteiger partial charge in [0, 0.05) is 7.05 Å². The lowest BCUT2D eigenvalue weighted by molar-refractivity contribution is 0.0692. The Balaban J connectivity index is 3.46. The molecule has 0 spiro atoms. The largest absolute Gasteiger partial charge is 0.493 e. The molecule has 11 heavy (non-hydrogen) atoms. The van der Waals surface area contributed by atoms with E-state index in [0.29, 0.717) is 0 Å². The predicted octanol–water partition coefficient (Wildman–Crippen LogP) is -0.883. The van der Waals surface area contributed by atoms with Crippen LogP contribution in [0.1, 0.15) is 10.4 Å². The molecule has 0 atom stereocenters. The standard InChI is InChI=1S/C5H6N2O4/c1-7-4(9)2(5(10)11)3(8)6-7/h9H,1H3,(H,6,8)(H,10,11). The molecule has 3 N–H and O–H groups in total. The molecule has 0 unspecified atom stereocenters. The van der Waals surface area contributed by atoms with E-state index in [4.69, 9.17) is 10.2 Å². The second-order valence-electron chi connectivity index (χ2n) is 2.00. The minimum absolute atomic E-state index is 0.567. The summed E-state index contributed by atoms with van der Waals surface area (Å²) in [5.74, 6) is -2.01. The third-order valence-electron chi connectivity index (χ3n) is 1.25. The van der Waals surface area contributed by atoms with Gasteiger partial charge in [-0.15, -0.1) is 0 Å². The molecule has 0 aliphatic carbocycles. The molecule has 0 aromatic carbocycles. The fourth-order valence-electron chi connectivity index (χ4n) is 0.723. The zero-order valence-corrected chi connectivity index (χ0v) is 5.66. The maximum absolute atomic E-state index is 10.7. The van der Waals surface area contributed by atoms with E-state index in [2.05, 4.69) is 5.10 Å². The Kier molecular flexibility index (Phi) is 1.45. The van der Waals surface area contributed by atoms with Gasteiger partial charge in [-0.25, -0.2) is 4.79 Å². The van der Waals surface area contributed by atoms with Crippen molar-refractivity contribution in [2.45, 2.75) is 0 Å². The van der Waals surface area contributed by atoms with Crippen LogP contribution >= 0.6 is 0 Å². The van der Waals surface area contributed by atoms with Crippen molar-refractivity contribution in [3.8, 4) is 5.88 Å². The van der Waals surface area contributed by atoms with E-state index in [-0.39, 0.29) is 0 Å². The Morgan fingerprint density at radius 1 is 1.64 bits per heavy atom. The average Bonchev–Trinajstić information content (AvgIpc) is 2.07. The highest BCUT2D eigenvalue weighted by Crippen LogP contribution is 2.08. The van der Waals surface area contributed by atoms with Crippen molar-refractivity contribution in [1.29, 1.82) is 0 Å². The van der Waals surface area contributed by atoms with E-state index in [1.54, 1.807) is 0 Å². The van der Waals surface area contributed by atoms with Crippen molar-refractivity contribution >= 4 is 5.97 Å². The highest BCUT2D eigenvalue weighted by molar-refractivity contribution is 5.89. The van der Waals surface area contributed by atoms with Crippen molar-refractivity contribution in [3.63, 3.8) is 0 Å². The van der Waals surface area contributed by atoms with E-state index in [0.717, 1.165) is 4.68 Å². The van der Waals surface area contributed by atoms with Crippen LogP contribution in [0, 0.1) is 0 Å². The lowest BCUT2D eigenvalue weighted by atomic mass is 10.3. The second-order valence-corrected chi connectivity index (χ2v) is 2.00. The normalized spacial score (nSPS) is 9.91. The summed E-state index contributed by atoms with van der Waals surface area (Å²) in [6.45, 7) is 0. The molecule has 1 aromatic rings. The summed E-state index contributed by atoms with van der Waals surface area (Å²) in [6.07, 6.45) is 0. The van der Waals surface area contributed by atoms with Gasteiger partial charge in [0.1, 0.15) is 0 Å². The molecule has 0 radical (unpaired) electrons. The van der Waals surface area contributed by atoms with Gasteiger partial charge in [-0.2, -0.15) is 0 Å². The number of aromatic nitrogens is 2. The van der Waals surface area contributed by atoms with E-state index in [9.17, 15) is 9.59 Å². The summed E-state index contributed by atoms with van der Waals surface area (Å²) < 4.78 is 0.936. The zero-order chi connectivity index (χ0) is 8.59. The van der Waals surface area contributed by atoms with Gasteiger partial charge in [0.25, 0.3) is 5.56 Å². The molecular formula is C5H6N2O4. The highest BCUT2D eigenvalue weighted by Gasteiger charge is 2.18. The Morgan fingerprint density at radius 2 is 2.18 bits per heavy atom. The van der Waals surface area contributed by atoms with Crippen molar-refractivity contribution in [2.24, 2.45) is 7.05 Å². The lowest BCUT2D eigenvalue weighted by Crippen LogP contribution is -2.11. The number of rotatable bonds is 1. The molecule has 0 bridgehead atoms. The van der Waals surface area contributed by atoms with Crippen molar-refractivity contribution < 1.29 is 15.0 Å². The number of carboxylic acids is 1. The molecule has 6 heteroatoms. The Bertz CT molecular complexity index is 348. The molecule has 60 valence electrons. The van der Waals surface area contributed by atoms with Crippen LogP contribution in [0.15, 0.2) is 4.79 Å². The van der Waals surface area contributed by atoms with Crippen LogP contribution in [0.2, 0.25) is 0 Å². The summed E-state index contributed by atoms with van der Waals surface area (Å²) >= 11 is 0. The van der Waals surface area contributed by atoms with Gasteiger partial charge in [-0.1, -0.05) is 0 Å². The van der Waals surface area contributed by atoms with Crippen molar-refractivity contribution in [3.05, 3.63) is 15.9 Å². The first-order valence-corrected chi connectivity index (χ1v) is 2.75. The molecule has 0 aliphatic rings. The summed E-state index contributed by atoms with van der Waals surface area (Å²) in [7, 11) is 1.34. The summed E-state index contributed by atoms with van der Waals surface area (Å²) in [4.78, 5) is 20.9. The SMILES string of the molecule is Cn1[nH]c(=O)c(C(=O)O)c1O. The number of hydrogen-bond acceptors (Lipinski definition) is 3. The van der Waals surface area contributed by atoms with Crippen LogP contribution in [0.3, 0.4) is 0 Å². The molecule has 1 rings (SSSR count). The van der Waals surface area contributed by atoms with E-state index in [1.165, 1.54) is 7.05 Å². The number of aryl methyl sites for hydroxylation is 1. The molecular weight excluding hydrogens is 152 g/mol. The fourth-order valence-corrected chi connectivity index (χ4v) is 0.723. The second kappa shape index (κ2) is 2.15. The predicted molar refractivity (Wildman–Crippen MR) is 34.7 cm³/mol. The van der Waals surface area contributed by atoms with Crippen LogP contribution in [-0.2, 0) is 7.05 Å². The number of nitrogens with zero attached hydrogens (tertiary/aromatic N) is 1. The number of carboxylic acid groups (broad SMARTS) is 1. The van der Waals surface area contributed by atoms with E-state index in [1.807, 2.05) is 0 Å². The average molecular weight is 158 g/mol. The number of H-pyrrole nitrogens is 1. The lowest BCUT2D eigenvalue weighted by Gasteiger charge is -1.91. The minimum Gasteiger partial charge on any atom is -0.493 e. The van der Waals surface area contributed by atoms with Crippen LogP contribution in [0.4, 0.5) is 0 Å². The summed E-state index contributed by atoms with van der Waals surface area (Å²) in [5, 5.41) is 19.4. The van der Waals surface area contributed by atoms with E-state index < -0.39 is 23.0 Å². The van der Waals surface area contributed by atoms with E-state index >= 15 is 0 Å². The quantitative estimate of drug-likeness (QED) is 0.494. The third-order valence-corrected chi connectivity index (χ3v) is 1.25. The Morgan fingerprint density at radius 3 is 2.36 bits per heavy atom. The monoisotopic (exact) mass is 158 g/mol. The summed E-state index contributed by atoms with van der Waals surface area (Å²) in [6, 6.07) is 0. The first kappa shape index (κ1) is 7.39. The molecule has 1 heterocycles. The van der Waals surface area contributed by atoms with Gasteiger partial charge in [-0.05, 0) is 0 Å². The first-order valence-electron chi connectivity index (χ1n) is 2.75. The van der Waals surface area contributed by atoms with Crippen LogP contribution in [0.5, 0.6) is 5.88 Å². The molecule has 0 saturated carbocycles. The zero-order valence-electron chi connectivity index (χ0n) is 5.66. The number of hydrogen-bond donors (Lipinski definition) is 3. The third kappa shape index (κ3) is 0.977. The van der Waals surface area contributed by atoms with Crippen LogP contribution in [-0.4, -0.2) is 26.0 Å². The number of nitrogens with one attached hydrogen (secondary N) is 1. The molecule has 6 nitrogen and oxygen atoms in total. The topological polar surface area (TPSA) is 95.3 Å². The Hall–Kier alpha value is -1.72. The number of aromatic hydroxyl groups is 1.